The highest BCUT2D eigenvalue weighted by molar-refractivity contribution is 5.20. The molecule has 2 aromatic carbocycles. The largest absolute Gasteiger partial charge is 1.00 e. The Morgan fingerprint density at radius 1 is 0.742 bits per heavy atom. The van der Waals surface area contributed by atoms with Crippen molar-refractivity contribution >= 4 is 0 Å². The van der Waals surface area contributed by atoms with Crippen molar-refractivity contribution in [1.82, 2.24) is 0 Å². The van der Waals surface area contributed by atoms with Gasteiger partial charge in [-0.25, -0.2) is 0 Å². The van der Waals surface area contributed by atoms with Crippen LogP contribution in [0, 0.1) is 11.8 Å². The van der Waals surface area contributed by atoms with Gasteiger partial charge < -0.3 is 26.4 Å². The van der Waals surface area contributed by atoms with Crippen molar-refractivity contribution in [2.45, 2.75) is 53.1 Å². The average molecular weight is 448 g/mol. The van der Waals surface area contributed by atoms with Gasteiger partial charge in [0.15, 0.2) is 0 Å². The second-order valence-electron chi connectivity index (χ2n) is 9.53. The van der Waals surface area contributed by atoms with Crippen molar-refractivity contribution in [2.75, 3.05) is 33.4 Å². The minimum Gasteiger partial charge on any atom is -1.00 e. The first kappa shape index (κ1) is 27.5. The van der Waals surface area contributed by atoms with Gasteiger partial charge in [-0.1, -0.05) is 76.2 Å². The summed E-state index contributed by atoms with van der Waals surface area (Å²) in [5.74, 6) is 2.30. The Hall–Kier alpha value is -1.55. The third-order valence-corrected chi connectivity index (χ3v) is 5.74. The van der Waals surface area contributed by atoms with Crippen molar-refractivity contribution in [3.05, 3.63) is 66.2 Å². The molecule has 0 aliphatic carbocycles. The lowest BCUT2D eigenvalue weighted by molar-refractivity contribution is -0.947. The zero-order valence-corrected chi connectivity index (χ0v) is 20.9. The summed E-state index contributed by atoms with van der Waals surface area (Å²) in [5.41, 5.74) is 1.41. The molecule has 2 rings (SSSR count). The maximum atomic E-state index is 6.01. The highest BCUT2D eigenvalue weighted by Gasteiger charge is 2.33. The van der Waals surface area contributed by atoms with Crippen molar-refractivity contribution in [1.29, 1.82) is 0 Å². The minimum absolute atomic E-state index is 0. The maximum Gasteiger partial charge on any atom is 0.119 e. The minimum atomic E-state index is 0. The van der Waals surface area contributed by atoms with Gasteiger partial charge in [0.05, 0.1) is 26.3 Å². The van der Waals surface area contributed by atoms with Crippen LogP contribution in [0.5, 0.6) is 5.75 Å². The molecule has 0 aromatic heterocycles. The fourth-order valence-corrected chi connectivity index (χ4v) is 4.20. The summed E-state index contributed by atoms with van der Waals surface area (Å²) in [6, 6.07) is 21.5. The summed E-state index contributed by atoms with van der Waals surface area (Å²) >= 11 is 0. The van der Waals surface area contributed by atoms with E-state index >= 15 is 0 Å². The fourth-order valence-electron chi connectivity index (χ4n) is 4.20. The molecule has 0 N–H and O–H groups in total. The SMILES string of the molecule is CC(C)CC(CC(C)C)[N+](C)(CCOCCOc1ccccc1)Cc1ccccc1.[Cl-]. The van der Waals surface area contributed by atoms with E-state index in [-0.39, 0.29) is 12.4 Å². The normalized spacial score (nSPS) is 13.3. The van der Waals surface area contributed by atoms with Gasteiger partial charge in [0.2, 0.25) is 0 Å². The molecular formula is C27H42ClNO2. The summed E-state index contributed by atoms with van der Waals surface area (Å²) in [7, 11) is 2.42. The maximum absolute atomic E-state index is 6.01. The summed E-state index contributed by atoms with van der Waals surface area (Å²) in [6.07, 6.45) is 2.50. The molecule has 0 radical (unpaired) electrons. The second kappa shape index (κ2) is 14.5. The van der Waals surface area contributed by atoms with Crippen LogP contribution in [0.2, 0.25) is 0 Å². The predicted octanol–water partition coefficient (Wildman–Crippen LogP) is 3.19. The highest BCUT2D eigenvalue weighted by atomic mass is 35.5. The molecule has 1 atom stereocenters. The number of rotatable bonds is 14. The molecule has 0 spiro atoms. The Labute approximate surface area is 196 Å². The molecule has 0 bridgehead atoms. The van der Waals surface area contributed by atoms with Crippen LogP contribution in [0.3, 0.4) is 0 Å². The molecule has 0 heterocycles. The number of benzene rings is 2. The van der Waals surface area contributed by atoms with Gasteiger partial charge in [-0.3, -0.25) is 0 Å². The monoisotopic (exact) mass is 447 g/mol. The van der Waals surface area contributed by atoms with Gasteiger partial charge in [0, 0.05) is 18.4 Å². The molecule has 0 aliphatic heterocycles. The quantitative estimate of drug-likeness (QED) is 0.327. The molecule has 0 saturated carbocycles. The van der Waals surface area contributed by atoms with Gasteiger partial charge >= 0.3 is 0 Å². The van der Waals surface area contributed by atoms with E-state index in [1.54, 1.807) is 0 Å². The van der Waals surface area contributed by atoms with E-state index in [0.717, 1.165) is 29.9 Å². The van der Waals surface area contributed by atoms with Crippen LogP contribution in [-0.4, -0.2) is 43.9 Å². The predicted molar refractivity (Wildman–Crippen MR) is 127 cm³/mol. The lowest BCUT2D eigenvalue weighted by Crippen LogP contribution is -3.00. The average Bonchev–Trinajstić information content (AvgIpc) is 2.71. The Morgan fingerprint density at radius 3 is 1.84 bits per heavy atom. The summed E-state index contributed by atoms with van der Waals surface area (Å²) in [6.45, 7) is 13.4. The number of hydrogen-bond acceptors (Lipinski definition) is 2. The number of hydrogen-bond donors (Lipinski definition) is 0. The van der Waals surface area contributed by atoms with Crippen molar-refractivity contribution < 1.29 is 26.4 Å². The zero-order chi connectivity index (χ0) is 21.8. The van der Waals surface area contributed by atoms with Crippen LogP contribution in [0.1, 0.15) is 46.1 Å². The van der Waals surface area contributed by atoms with Gasteiger partial charge in [-0.15, -0.1) is 0 Å². The van der Waals surface area contributed by atoms with Crippen LogP contribution in [0.25, 0.3) is 0 Å². The number of ether oxygens (including phenoxy) is 2. The summed E-state index contributed by atoms with van der Waals surface area (Å²) in [5, 5.41) is 0. The van der Waals surface area contributed by atoms with E-state index in [4.69, 9.17) is 9.47 Å². The highest BCUT2D eigenvalue weighted by Crippen LogP contribution is 2.27. The molecule has 4 heteroatoms. The smallest absolute Gasteiger partial charge is 0.119 e. The Kier molecular flexibility index (Phi) is 12.9. The lowest BCUT2D eigenvalue weighted by atomic mass is 9.92. The van der Waals surface area contributed by atoms with Crippen LogP contribution < -0.4 is 17.1 Å². The zero-order valence-electron chi connectivity index (χ0n) is 20.1. The van der Waals surface area contributed by atoms with Crippen molar-refractivity contribution in [3.63, 3.8) is 0 Å². The molecule has 0 fully saturated rings. The van der Waals surface area contributed by atoms with Gasteiger partial charge in [0.25, 0.3) is 0 Å². The van der Waals surface area contributed by atoms with Gasteiger partial charge in [0.1, 0.15) is 25.4 Å². The Morgan fingerprint density at radius 2 is 1.29 bits per heavy atom. The van der Waals surface area contributed by atoms with E-state index in [0.29, 0.717) is 31.1 Å². The first-order valence-electron chi connectivity index (χ1n) is 11.5. The van der Waals surface area contributed by atoms with Crippen LogP contribution in [0.15, 0.2) is 60.7 Å². The van der Waals surface area contributed by atoms with E-state index < -0.39 is 0 Å². The Bertz CT molecular complexity index is 683. The van der Waals surface area contributed by atoms with Gasteiger partial charge in [-0.2, -0.15) is 0 Å². The standard InChI is InChI=1S/C27H42NO2.ClH/c1-23(2)20-26(21-24(3)4)28(5,22-25-12-8-6-9-13-25)16-17-29-18-19-30-27-14-10-7-11-15-27;/h6-15,23-24,26H,16-22H2,1-5H3;1H/q+1;/p-1. The molecule has 0 saturated heterocycles. The molecule has 174 valence electrons. The number of halogens is 1. The summed E-state index contributed by atoms with van der Waals surface area (Å²) in [4.78, 5) is 0. The summed E-state index contributed by atoms with van der Waals surface area (Å²) < 4.78 is 12.8. The molecule has 1 unspecified atom stereocenters. The number of para-hydroxylation sites is 1. The van der Waals surface area contributed by atoms with Crippen LogP contribution >= 0.6 is 0 Å². The number of nitrogens with zero attached hydrogens (tertiary/aromatic N) is 1. The first-order valence-corrected chi connectivity index (χ1v) is 11.5. The van der Waals surface area contributed by atoms with Gasteiger partial charge in [-0.05, 0) is 24.0 Å². The Balaban J connectivity index is 0.00000480. The van der Waals surface area contributed by atoms with E-state index in [9.17, 15) is 0 Å². The van der Waals surface area contributed by atoms with Crippen molar-refractivity contribution in [3.8, 4) is 5.75 Å². The molecule has 31 heavy (non-hydrogen) atoms. The molecular weight excluding hydrogens is 406 g/mol. The topological polar surface area (TPSA) is 18.5 Å². The molecule has 0 amide bonds. The van der Waals surface area contributed by atoms with Crippen molar-refractivity contribution in [2.24, 2.45) is 11.8 Å². The van der Waals surface area contributed by atoms with E-state index in [1.165, 1.54) is 18.4 Å². The first-order chi connectivity index (χ1) is 14.4. The third kappa shape index (κ3) is 10.5. The third-order valence-electron chi connectivity index (χ3n) is 5.74. The molecule has 0 aliphatic rings. The van der Waals surface area contributed by atoms with Crippen LogP contribution in [0.4, 0.5) is 0 Å². The fraction of sp³-hybridized carbons (Fsp3) is 0.556. The molecule has 2 aromatic rings. The number of likely N-dealkylation sites (N-methyl/N-ethyl adjacent to an activating group) is 1. The number of quaternary nitrogens is 1. The lowest BCUT2D eigenvalue weighted by Gasteiger charge is -2.43. The molecule has 3 nitrogen and oxygen atoms in total. The van der Waals surface area contributed by atoms with E-state index in [1.807, 2.05) is 30.3 Å². The second-order valence-corrected chi connectivity index (χ2v) is 9.53. The van der Waals surface area contributed by atoms with Crippen LogP contribution in [-0.2, 0) is 11.3 Å². The van der Waals surface area contributed by atoms with E-state index in [2.05, 4.69) is 65.1 Å².